The van der Waals surface area contributed by atoms with Crippen molar-refractivity contribution >= 4 is 35.8 Å². The smallest absolute Gasteiger partial charge is 0.225 e. The van der Waals surface area contributed by atoms with Gasteiger partial charge >= 0.3 is 0 Å². The van der Waals surface area contributed by atoms with Crippen molar-refractivity contribution < 1.29 is 4.79 Å². The number of rotatable bonds is 5. The number of amides is 1. The molecule has 1 saturated carbocycles. The number of aliphatic imine (C=N–C) groups is 1. The van der Waals surface area contributed by atoms with Crippen LogP contribution in [0.5, 0.6) is 0 Å². The van der Waals surface area contributed by atoms with Crippen LogP contribution in [0.4, 0.5) is 0 Å². The highest BCUT2D eigenvalue weighted by atomic mass is 127. The van der Waals surface area contributed by atoms with Crippen LogP contribution in [0.3, 0.4) is 0 Å². The zero-order chi connectivity index (χ0) is 19.0. The van der Waals surface area contributed by atoms with Gasteiger partial charge in [0, 0.05) is 44.2 Å². The number of guanidine groups is 1. The van der Waals surface area contributed by atoms with E-state index in [2.05, 4.69) is 25.8 Å². The molecule has 0 spiro atoms. The van der Waals surface area contributed by atoms with Gasteiger partial charge < -0.3 is 16.0 Å². The molecule has 2 rings (SSSR count). The van der Waals surface area contributed by atoms with Gasteiger partial charge in [-0.3, -0.25) is 14.7 Å². The van der Waals surface area contributed by atoms with Crippen molar-refractivity contribution in [2.45, 2.75) is 77.8 Å². The Morgan fingerprint density at radius 1 is 1.04 bits per heavy atom. The summed E-state index contributed by atoms with van der Waals surface area (Å²) in [6, 6.07) is 1.25. The number of nitrogens with one attached hydrogen (secondary N) is 3. The maximum Gasteiger partial charge on any atom is 0.225 e. The molecule has 0 aromatic heterocycles. The molecule has 1 atom stereocenters. The molecular formula is C20H40IN5O. The maximum absolute atomic E-state index is 11.9. The highest BCUT2D eigenvalue weighted by Gasteiger charge is 2.27. The molecule has 2 fully saturated rings. The Kier molecular flexibility index (Phi) is 11.0. The summed E-state index contributed by atoms with van der Waals surface area (Å²) in [5.74, 6) is 0.920. The average molecular weight is 493 g/mol. The van der Waals surface area contributed by atoms with Crippen molar-refractivity contribution in [3.63, 3.8) is 0 Å². The minimum absolute atomic E-state index is 0. The van der Waals surface area contributed by atoms with Gasteiger partial charge in [0.2, 0.25) is 5.91 Å². The third kappa shape index (κ3) is 8.54. The van der Waals surface area contributed by atoms with Gasteiger partial charge in [-0.25, -0.2) is 0 Å². The van der Waals surface area contributed by atoms with Crippen LogP contribution >= 0.6 is 24.0 Å². The minimum atomic E-state index is -0.343. The van der Waals surface area contributed by atoms with Crippen LogP contribution in [0, 0.1) is 5.41 Å². The van der Waals surface area contributed by atoms with Crippen LogP contribution in [-0.2, 0) is 4.79 Å². The normalized spacial score (nSPS) is 22.7. The van der Waals surface area contributed by atoms with E-state index in [9.17, 15) is 4.79 Å². The lowest BCUT2D eigenvalue weighted by molar-refractivity contribution is -0.128. The third-order valence-electron chi connectivity index (χ3n) is 5.49. The Morgan fingerprint density at radius 3 is 2.33 bits per heavy atom. The topological polar surface area (TPSA) is 68.8 Å². The second kappa shape index (κ2) is 12.1. The first-order chi connectivity index (χ1) is 12.4. The van der Waals surface area contributed by atoms with Gasteiger partial charge in [-0.2, -0.15) is 0 Å². The predicted octanol–water partition coefficient (Wildman–Crippen LogP) is 2.73. The largest absolute Gasteiger partial charge is 0.355 e. The van der Waals surface area contributed by atoms with Crippen molar-refractivity contribution in [1.82, 2.24) is 20.9 Å². The van der Waals surface area contributed by atoms with Gasteiger partial charge in [-0.1, -0.05) is 40.0 Å². The Labute approximate surface area is 182 Å². The van der Waals surface area contributed by atoms with E-state index in [1.165, 1.54) is 51.5 Å². The third-order valence-corrected chi connectivity index (χ3v) is 5.49. The first kappa shape index (κ1) is 24.5. The molecule has 1 aliphatic heterocycles. The van der Waals surface area contributed by atoms with Crippen molar-refractivity contribution in [3.05, 3.63) is 0 Å². The van der Waals surface area contributed by atoms with Crippen molar-refractivity contribution in [2.75, 3.05) is 33.2 Å². The zero-order valence-electron chi connectivity index (χ0n) is 17.6. The van der Waals surface area contributed by atoms with E-state index in [-0.39, 0.29) is 35.3 Å². The molecule has 6 nitrogen and oxygen atoms in total. The summed E-state index contributed by atoms with van der Waals surface area (Å²) in [7, 11) is 1.81. The zero-order valence-corrected chi connectivity index (χ0v) is 20.0. The van der Waals surface area contributed by atoms with E-state index in [0.29, 0.717) is 19.1 Å². The number of halogens is 1. The lowest BCUT2D eigenvalue weighted by atomic mass is 9.92. The van der Waals surface area contributed by atoms with Gasteiger partial charge in [0.05, 0.1) is 0 Å². The number of piperidine rings is 1. The van der Waals surface area contributed by atoms with Crippen LogP contribution in [0.15, 0.2) is 4.99 Å². The summed E-state index contributed by atoms with van der Waals surface area (Å²) in [5.41, 5.74) is -0.343. The fraction of sp³-hybridized carbons (Fsp3) is 0.900. The lowest BCUT2D eigenvalue weighted by Crippen LogP contribution is -2.54. The Bertz CT molecular complexity index is 471. The number of carbonyl (C=O) groups excluding carboxylic acids is 1. The lowest BCUT2D eigenvalue weighted by Gasteiger charge is -2.40. The summed E-state index contributed by atoms with van der Waals surface area (Å²) in [4.78, 5) is 18.9. The number of hydrogen-bond donors (Lipinski definition) is 3. The quantitative estimate of drug-likeness (QED) is 0.239. The molecule has 0 bridgehead atoms. The highest BCUT2D eigenvalue weighted by molar-refractivity contribution is 14.0. The summed E-state index contributed by atoms with van der Waals surface area (Å²) in [6.45, 7) is 9.43. The van der Waals surface area contributed by atoms with Gasteiger partial charge in [0.1, 0.15) is 0 Å². The summed E-state index contributed by atoms with van der Waals surface area (Å²) < 4.78 is 0. The molecule has 1 amide bonds. The molecule has 0 radical (unpaired) electrons. The average Bonchev–Trinajstić information content (AvgIpc) is 2.64. The monoisotopic (exact) mass is 493 g/mol. The standard InChI is InChI=1S/C20H39N5O.HI/c1-20(2,3)18(26)22-12-13-23-19(21-4)24-16-9-8-14-25(15-16)17-10-6-5-7-11-17;/h16-17H,5-15H2,1-4H3,(H,22,26)(H2,21,23,24);1H. The Morgan fingerprint density at radius 2 is 1.70 bits per heavy atom. The van der Waals surface area contributed by atoms with E-state index >= 15 is 0 Å². The first-order valence-electron chi connectivity index (χ1n) is 10.4. The van der Waals surface area contributed by atoms with Crippen molar-refractivity contribution in [3.8, 4) is 0 Å². The van der Waals surface area contributed by atoms with Crippen LogP contribution in [-0.4, -0.2) is 62.1 Å². The van der Waals surface area contributed by atoms with Crippen LogP contribution < -0.4 is 16.0 Å². The molecule has 158 valence electrons. The van der Waals surface area contributed by atoms with E-state index in [4.69, 9.17) is 0 Å². The van der Waals surface area contributed by atoms with Crippen molar-refractivity contribution in [2.24, 2.45) is 10.4 Å². The number of carbonyl (C=O) groups is 1. The maximum atomic E-state index is 11.9. The molecule has 7 heteroatoms. The highest BCUT2D eigenvalue weighted by Crippen LogP contribution is 2.25. The molecule has 1 saturated heterocycles. The molecule has 1 aliphatic carbocycles. The number of nitrogens with zero attached hydrogens (tertiary/aromatic N) is 2. The van der Waals surface area contributed by atoms with Gasteiger partial charge in [0.15, 0.2) is 5.96 Å². The molecular weight excluding hydrogens is 453 g/mol. The molecule has 1 unspecified atom stereocenters. The fourth-order valence-electron chi connectivity index (χ4n) is 3.91. The van der Waals surface area contributed by atoms with Crippen LogP contribution in [0.25, 0.3) is 0 Å². The van der Waals surface area contributed by atoms with E-state index in [0.717, 1.165) is 18.5 Å². The van der Waals surface area contributed by atoms with Gasteiger partial charge in [-0.05, 0) is 32.2 Å². The van der Waals surface area contributed by atoms with Crippen LogP contribution in [0.1, 0.15) is 65.7 Å². The van der Waals surface area contributed by atoms with E-state index in [1.54, 1.807) is 0 Å². The second-order valence-electron chi connectivity index (χ2n) is 8.78. The SMILES string of the molecule is CN=C(NCCNC(=O)C(C)(C)C)NC1CCCN(C2CCCCC2)C1.I. The van der Waals surface area contributed by atoms with Gasteiger partial charge in [0.25, 0.3) is 0 Å². The summed E-state index contributed by atoms with van der Waals surface area (Å²) in [6.07, 6.45) is 9.39. The molecule has 0 aromatic carbocycles. The summed E-state index contributed by atoms with van der Waals surface area (Å²) in [5, 5.41) is 9.86. The summed E-state index contributed by atoms with van der Waals surface area (Å²) >= 11 is 0. The predicted molar refractivity (Wildman–Crippen MR) is 124 cm³/mol. The second-order valence-corrected chi connectivity index (χ2v) is 8.78. The van der Waals surface area contributed by atoms with Crippen LogP contribution in [0.2, 0.25) is 0 Å². The molecule has 3 N–H and O–H groups in total. The van der Waals surface area contributed by atoms with E-state index in [1.807, 2.05) is 27.8 Å². The molecule has 0 aromatic rings. The fourth-order valence-corrected chi connectivity index (χ4v) is 3.91. The minimum Gasteiger partial charge on any atom is -0.355 e. The van der Waals surface area contributed by atoms with Gasteiger partial charge in [-0.15, -0.1) is 24.0 Å². The van der Waals surface area contributed by atoms with Crippen molar-refractivity contribution in [1.29, 1.82) is 0 Å². The Balaban J connectivity index is 0.00000364. The number of likely N-dealkylation sites (tertiary alicyclic amines) is 1. The first-order valence-corrected chi connectivity index (χ1v) is 10.4. The molecule has 1 heterocycles. The Hall–Kier alpha value is -0.570. The van der Waals surface area contributed by atoms with E-state index < -0.39 is 0 Å². The number of hydrogen-bond acceptors (Lipinski definition) is 3. The molecule has 27 heavy (non-hydrogen) atoms. The molecule has 2 aliphatic rings.